The zero-order chi connectivity index (χ0) is 25.8. The average Bonchev–Trinajstić information content (AvgIpc) is 3.36. The molecule has 0 aliphatic carbocycles. The summed E-state index contributed by atoms with van der Waals surface area (Å²) in [5.41, 5.74) is 2.68. The number of halogens is 2. The third kappa shape index (κ3) is 5.83. The minimum Gasteiger partial charge on any atom is -0.308 e. The molecule has 0 bridgehead atoms. The Kier molecular flexibility index (Phi) is 7.23. The van der Waals surface area contributed by atoms with Gasteiger partial charge in [-0.1, -0.05) is 71.7 Å². The van der Waals surface area contributed by atoms with Gasteiger partial charge in [-0.25, -0.2) is 9.99 Å². The molecule has 37 heavy (non-hydrogen) atoms. The summed E-state index contributed by atoms with van der Waals surface area (Å²) in [6.07, 6.45) is 1.60. The van der Waals surface area contributed by atoms with Gasteiger partial charge in [-0.2, -0.15) is 13.5 Å². The van der Waals surface area contributed by atoms with Crippen LogP contribution in [0.5, 0.6) is 0 Å². The molecule has 0 radical (unpaired) electrons. The fraction of sp³-hybridized carbons (Fsp3) is 0.0741. The van der Waals surface area contributed by atoms with Crippen molar-refractivity contribution in [3.63, 3.8) is 0 Å². The van der Waals surface area contributed by atoms with Crippen LogP contribution in [0.1, 0.15) is 17.0 Å². The minimum absolute atomic E-state index is 0.0120. The lowest BCUT2D eigenvalue weighted by Gasteiger charge is -2.19. The van der Waals surface area contributed by atoms with Gasteiger partial charge in [0.1, 0.15) is 5.82 Å². The quantitative estimate of drug-likeness (QED) is 0.242. The highest BCUT2D eigenvalue weighted by Crippen LogP contribution is 2.30. The van der Waals surface area contributed by atoms with Gasteiger partial charge >= 0.3 is 0 Å². The first-order valence-electron chi connectivity index (χ1n) is 11.3. The van der Waals surface area contributed by atoms with Crippen LogP contribution in [0.4, 0.5) is 5.82 Å². The fourth-order valence-corrected chi connectivity index (χ4v) is 5.13. The topological polar surface area (TPSA) is 87.0 Å². The number of sulfonamides is 1. The molecule has 1 aromatic heterocycles. The first-order valence-corrected chi connectivity index (χ1v) is 13.5. The van der Waals surface area contributed by atoms with Crippen molar-refractivity contribution in [1.29, 1.82) is 0 Å². The SMILES string of the molecule is O=S(=O)(N=C(Nc1ccccn1)N1CC(c2ccccc2)C(c2ccc(Cl)cc2)=N1)c1ccc(Cl)cc1. The Balaban J connectivity index is 1.59. The van der Waals surface area contributed by atoms with E-state index in [1.807, 2.05) is 42.5 Å². The Labute approximate surface area is 225 Å². The van der Waals surface area contributed by atoms with Crippen molar-refractivity contribution in [2.75, 3.05) is 11.9 Å². The van der Waals surface area contributed by atoms with Crippen LogP contribution in [-0.4, -0.2) is 36.6 Å². The Hall–Kier alpha value is -3.72. The van der Waals surface area contributed by atoms with Gasteiger partial charge in [0.25, 0.3) is 10.0 Å². The minimum atomic E-state index is -4.09. The third-order valence-electron chi connectivity index (χ3n) is 5.72. The summed E-state index contributed by atoms with van der Waals surface area (Å²) in [5, 5.41) is 10.5. The molecule has 5 rings (SSSR count). The standard InChI is InChI=1S/C27H21Cl2N5O2S/c28-21-11-9-20(10-12-21)26-24(19-6-2-1-3-7-19)18-34(32-26)27(31-25-8-4-5-17-30-25)33-37(35,36)23-15-13-22(29)14-16-23/h1-17,24H,18H2,(H,30,31,33). The van der Waals surface area contributed by atoms with Gasteiger partial charge in [0.2, 0.25) is 5.96 Å². The van der Waals surface area contributed by atoms with Crippen LogP contribution in [0, 0.1) is 0 Å². The summed E-state index contributed by atoms with van der Waals surface area (Å²) in [5.74, 6) is 0.314. The third-order valence-corrected chi connectivity index (χ3v) is 7.51. The molecule has 0 saturated heterocycles. The fourth-order valence-electron chi connectivity index (χ4n) is 3.92. The van der Waals surface area contributed by atoms with Crippen molar-refractivity contribution >= 4 is 50.7 Å². The van der Waals surface area contributed by atoms with Crippen LogP contribution in [0.2, 0.25) is 10.0 Å². The normalized spacial score (nSPS) is 15.9. The molecule has 1 aliphatic heterocycles. The molecule has 3 aromatic carbocycles. The van der Waals surface area contributed by atoms with Gasteiger partial charge in [-0.3, -0.25) is 0 Å². The zero-order valence-corrected chi connectivity index (χ0v) is 21.7. The number of nitrogens with zero attached hydrogens (tertiary/aromatic N) is 4. The average molecular weight is 550 g/mol. The first kappa shape index (κ1) is 25.0. The highest BCUT2D eigenvalue weighted by Gasteiger charge is 2.32. The summed E-state index contributed by atoms with van der Waals surface area (Å²) in [4.78, 5) is 4.29. The van der Waals surface area contributed by atoms with Gasteiger partial charge < -0.3 is 5.32 Å². The Morgan fingerprint density at radius 1 is 0.865 bits per heavy atom. The molecule has 10 heteroatoms. The highest BCUT2D eigenvalue weighted by atomic mass is 35.5. The van der Waals surface area contributed by atoms with Crippen molar-refractivity contribution in [3.8, 4) is 0 Å². The highest BCUT2D eigenvalue weighted by molar-refractivity contribution is 7.90. The van der Waals surface area contributed by atoms with E-state index in [9.17, 15) is 8.42 Å². The van der Waals surface area contributed by atoms with Crippen LogP contribution >= 0.6 is 23.2 Å². The molecule has 7 nitrogen and oxygen atoms in total. The van der Waals surface area contributed by atoms with Crippen LogP contribution in [0.15, 0.2) is 118 Å². The molecular formula is C27H21Cl2N5O2S. The number of pyridine rings is 1. The van der Waals surface area contributed by atoms with E-state index in [2.05, 4.69) is 14.7 Å². The van der Waals surface area contributed by atoms with E-state index >= 15 is 0 Å². The van der Waals surface area contributed by atoms with Crippen LogP contribution in [0.3, 0.4) is 0 Å². The lowest BCUT2D eigenvalue weighted by Crippen LogP contribution is -2.33. The van der Waals surface area contributed by atoms with E-state index < -0.39 is 10.0 Å². The second kappa shape index (κ2) is 10.7. The smallest absolute Gasteiger partial charge is 0.285 e. The molecule has 0 amide bonds. The molecule has 1 atom stereocenters. The second-order valence-electron chi connectivity index (χ2n) is 8.22. The van der Waals surface area contributed by atoms with E-state index in [-0.39, 0.29) is 16.8 Å². The van der Waals surface area contributed by atoms with Gasteiger partial charge in [-0.15, -0.1) is 4.40 Å². The molecule has 186 valence electrons. The van der Waals surface area contributed by atoms with Crippen molar-refractivity contribution < 1.29 is 8.42 Å². The number of hydrogen-bond donors (Lipinski definition) is 1. The summed E-state index contributed by atoms with van der Waals surface area (Å²) in [7, 11) is -4.09. The number of nitrogens with one attached hydrogen (secondary N) is 1. The number of aromatic nitrogens is 1. The van der Waals surface area contributed by atoms with Crippen molar-refractivity contribution in [3.05, 3.63) is 124 Å². The van der Waals surface area contributed by atoms with Crippen LogP contribution < -0.4 is 5.32 Å². The number of hydrogen-bond acceptors (Lipinski definition) is 4. The van der Waals surface area contributed by atoms with Crippen molar-refractivity contribution in [1.82, 2.24) is 9.99 Å². The summed E-state index contributed by atoms with van der Waals surface area (Å²) >= 11 is 12.1. The molecule has 0 spiro atoms. The van der Waals surface area contributed by atoms with Gasteiger partial charge in [-0.05, 0) is 59.7 Å². The number of hydrazone groups is 1. The lowest BCUT2D eigenvalue weighted by molar-refractivity contribution is 0.474. The van der Waals surface area contributed by atoms with Gasteiger partial charge in [0, 0.05) is 22.2 Å². The number of rotatable bonds is 5. The van der Waals surface area contributed by atoms with Gasteiger partial charge in [0.05, 0.1) is 17.2 Å². The maximum absolute atomic E-state index is 13.3. The van der Waals surface area contributed by atoms with E-state index in [4.69, 9.17) is 28.3 Å². The molecular weight excluding hydrogens is 529 g/mol. The zero-order valence-electron chi connectivity index (χ0n) is 19.4. The summed E-state index contributed by atoms with van der Waals surface area (Å²) < 4.78 is 30.7. The summed E-state index contributed by atoms with van der Waals surface area (Å²) in [6.45, 7) is 0.358. The predicted molar refractivity (Wildman–Crippen MR) is 148 cm³/mol. The maximum Gasteiger partial charge on any atom is 0.285 e. The number of guanidine groups is 1. The Morgan fingerprint density at radius 3 is 2.16 bits per heavy atom. The molecule has 0 saturated carbocycles. The van der Waals surface area contributed by atoms with E-state index in [1.165, 1.54) is 24.3 Å². The number of benzene rings is 3. The monoisotopic (exact) mass is 549 g/mol. The van der Waals surface area contributed by atoms with Crippen LogP contribution in [0.25, 0.3) is 0 Å². The first-order chi connectivity index (χ1) is 17.9. The molecule has 1 N–H and O–H groups in total. The number of anilines is 1. The molecule has 1 aliphatic rings. The van der Waals surface area contributed by atoms with E-state index in [1.54, 1.807) is 41.5 Å². The maximum atomic E-state index is 13.3. The molecule has 1 unspecified atom stereocenters. The predicted octanol–water partition coefficient (Wildman–Crippen LogP) is 6.05. The lowest BCUT2D eigenvalue weighted by atomic mass is 9.91. The molecule has 0 fully saturated rings. The van der Waals surface area contributed by atoms with Gasteiger partial charge in [0.15, 0.2) is 0 Å². The molecule has 4 aromatic rings. The van der Waals surface area contributed by atoms with Crippen molar-refractivity contribution in [2.45, 2.75) is 10.8 Å². The Morgan fingerprint density at radius 2 is 1.51 bits per heavy atom. The largest absolute Gasteiger partial charge is 0.308 e. The van der Waals surface area contributed by atoms with Crippen molar-refractivity contribution in [2.24, 2.45) is 9.50 Å². The summed E-state index contributed by atoms with van der Waals surface area (Å²) in [6, 6.07) is 28.4. The van der Waals surface area contributed by atoms with E-state index in [0.29, 0.717) is 22.4 Å². The second-order valence-corrected chi connectivity index (χ2v) is 10.7. The Bertz CT molecular complexity index is 1540. The molecule has 2 heterocycles. The van der Waals surface area contributed by atoms with Crippen LogP contribution in [-0.2, 0) is 10.0 Å². The van der Waals surface area contributed by atoms with E-state index in [0.717, 1.165) is 16.8 Å².